The van der Waals surface area contributed by atoms with Crippen LogP contribution in [0.25, 0.3) is 5.32 Å². The first-order valence-corrected chi connectivity index (χ1v) is 5.13. The van der Waals surface area contributed by atoms with Crippen LogP contribution >= 0.6 is 0 Å². The van der Waals surface area contributed by atoms with E-state index in [9.17, 15) is 0 Å². The molecule has 0 amide bonds. The number of nitrogens with zero attached hydrogens (tertiary/aromatic N) is 1. The van der Waals surface area contributed by atoms with E-state index in [0.717, 1.165) is 13.1 Å². The van der Waals surface area contributed by atoms with Gasteiger partial charge in [-0.3, -0.25) is 0 Å². The summed E-state index contributed by atoms with van der Waals surface area (Å²) in [4.78, 5) is 0. The van der Waals surface area contributed by atoms with E-state index in [1.165, 1.54) is 51.4 Å². The normalized spacial score (nSPS) is 22.0. The summed E-state index contributed by atoms with van der Waals surface area (Å²) < 4.78 is 0. The van der Waals surface area contributed by atoms with E-state index in [4.69, 9.17) is 0 Å². The van der Waals surface area contributed by atoms with Gasteiger partial charge in [0.2, 0.25) is 0 Å². The minimum Gasteiger partial charge on any atom is -0.662 e. The molecule has 1 nitrogen and oxygen atoms in total. The second-order valence-corrected chi connectivity index (χ2v) is 3.50. The molecule has 0 N–H and O–H groups in total. The van der Waals surface area contributed by atoms with Gasteiger partial charge in [-0.1, -0.05) is 51.4 Å². The predicted molar refractivity (Wildman–Crippen MR) is 50.0 cm³/mol. The first-order valence-electron chi connectivity index (χ1n) is 5.13. The van der Waals surface area contributed by atoms with Gasteiger partial charge < -0.3 is 5.32 Å². The van der Waals surface area contributed by atoms with E-state index in [-0.39, 0.29) is 18.9 Å². The predicted octanol–water partition coefficient (Wildman–Crippen LogP) is 0.498. The molecular formula is C10H20LiN. The maximum absolute atomic E-state index is 4.47. The molecule has 0 spiro atoms. The van der Waals surface area contributed by atoms with Crippen molar-refractivity contribution in [3.05, 3.63) is 5.32 Å². The second-order valence-electron chi connectivity index (χ2n) is 3.50. The molecule has 0 unspecified atom stereocenters. The third-order valence-corrected chi connectivity index (χ3v) is 2.38. The third kappa shape index (κ3) is 7.22. The minimum absolute atomic E-state index is 0. The molecule has 0 saturated carbocycles. The zero-order valence-corrected chi connectivity index (χ0v) is 8.52. The van der Waals surface area contributed by atoms with E-state index < -0.39 is 0 Å². The smallest absolute Gasteiger partial charge is 0.662 e. The van der Waals surface area contributed by atoms with Crippen LogP contribution in [-0.4, -0.2) is 13.1 Å². The molecule has 0 aromatic heterocycles. The molecule has 0 bridgehead atoms. The quantitative estimate of drug-likeness (QED) is 0.459. The molecule has 66 valence electrons. The summed E-state index contributed by atoms with van der Waals surface area (Å²) in [7, 11) is 0. The van der Waals surface area contributed by atoms with Crippen LogP contribution in [-0.2, 0) is 0 Å². The summed E-state index contributed by atoms with van der Waals surface area (Å²) in [5.74, 6) is 0. The standard InChI is InChI=1S/C10H20N.Li/c1-2-4-6-8-10-11-9-7-5-3-1;/h1-10H2;/q-1;+1. The molecule has 0 aliphatic carbocycles. The van der Waals surface area contributed by atoms with Crippen LogP contribution in [0.5, 0.6) is 0 Å². The van der Waals surface area contributed by atoms with Crippen molar-refractivity contribution in [1.29, 1.82) is 0 Å². The third-order valence-electron chi connectivity index (χ3n) is 2.38. The van der Waals surface area contributed by atoms with Gasteiger partial charge in [-0.2, -0.15) is 0 Å². The molecule has 2 heteroatoms. The number of hydrogen-bond acceptors (Lipinski definition) is 0. The maximum atomic E-state index is 4.47. The average molecular weight is 161 g/mol. The molecule has 0 atom stereocenters. The van der Waals surface area contributed by atoms with Crippen molar-refractivity contribution in [2.24, 2.45) is 0 Å². The van der Waals surface area contributed by atoms with Gasteiger partial charge in [0.05, 0.1) is 0 Å². The van der Waals surface area contributed by atoms with Crippen molar-refractivity contribution in [1.82, 2.24) is 0 Å². The molecule has 1 aliphatic rings. The summed E-state index contributed by atoms with van der Waals surface area (Å²) in [5, 5.41) is 4.47. The molecule has 1 fully saturated rings. The first kappa shape index (κ1) is 12.6. The average Bonchev–Trinajstić information content (AvgIpc) is 2.08. The Labute approximate surface area is 88.9 Å². The fourth-order valence-electron chi connectivity index (χ4n) is 1.62. The fourth-order valence-corrected chi connectivity index (χ4v) is 1.62. The Balaban J connectivity index is 0.00000121. The Kier molecular flexibility index (Phi) is 10.1. The molecule has 1 saturated heterocycles. The Hall–Kier alpha value is 0.557. The Morgan fingerprint density at radius 1 is 0.500 bits per heavy atom. The van der Waals surface area contributed by atoms with Crippen LogP contribution in [0.3, 0.4) is 0 Å². The second kappa shape index (κ2) is 9.64. The van der Waals surface area contributed by atoms with Crippen molar-refractivity contribution < 1.29 is 18.9 Å². The maximum Gasteiger partial charge on any atom is 1.00 e. The first-order chi connectivity index (χ1) is 5.50. The van der Waals surface area contributed by atoms with Gasteiger partial charge in [-0.25, -0.2) is 0 Å². The molecule has 0 aromatic rings. The van der Waals surface area contributed by atoms with Crippen LogP contribution in [0.15, 0.2) is 0 Å². The molecule has 12 heavy (non-hydrogen) atoms. The van der Waals surface area contributed by atoms with Crippen molar-refractivity contribution in [2.45, 2.75) is 51.4 Å². The van der Waals surface area contributed by atoms with Crippen LogP contribution in [0.1, 0.15) is 51.4 Å². The monoisotopic (exact) mass is 161 g/mol. The largest absolute Gasteiger partial charge is 1.00 e. The molecule has 1 rings (SSSR count). The minimum atomic E-state index is 0. The molecular weight excluding hydrogens is 141 g/mol. The van der Waals surface area contributed by atoms with Crippen LogP contribution in [0.2, 0.25) is 0 Å². The summed E-state index contributed by atoms with van der Waals surface area (Å²) >= 11 is 0. The number of rotatable bonds is 0. The summed E-state index contributed by atoms with van der Waals surface area (Å²) in [6.07, 6.45) is 11.3. The van der Waals surface area contributed by atoms with Gasteiger partial charge in [-0.15, -0.1) is 13.1 Å². The van der Waals surface area contributed by atoms with Gasteiger partial charge in [-0.05, 0) is 0 Å². The van der Waals surface area contributed by atoms with Crippen LogP contribution in [0.4, 0.5) is 0 Å². The SMILES string of the molecule is C1CCCCC[N-]CCCC1.[Li+]. The van der Waals surface area contributed by atoms with E-state index in [1.807, 2.05) is 0 Å². The number of hydrogen-bond donors (Lipinski definition) is 0. The van der Waals surface area contributed by atoms with E-state index in [1.54, 1.807) is 0 Å². The summed E-state index contributed by atoms with van der Waals surface area (Å²) in [5.41, 5.74) is 0. The van der Waals surface area contributed by atoms with Crippen LogP contribution < -0.4 is 18.9 Å². The zero-order chi connectivity index (χ0) is 7.78. The Morgan fingerprint density at radius 2 is 0.833 bits per heavy atom. The summed E-state index contributed by atoms with van der Waals surface area (Å²) in [6, 6.07) is 0. The van der Waals surface area contributed by atoms with Crippen molar-refractivity contribution in [2.75, 3.05) is 13.1 Å². The van der Waals surface area contributed by atoms with Crippen LogP contribution in [0, 0.1) is 0 Å². The van der Waals surface area contributed by atoms with E-state index in [0.29, 0.717) is 0 Å². The van der Waals surface area contributed by atoms with Crippen molar-refractivity contribution in [3.63, 3.8) is 0 Å². The molecule has 1 heterocycles. The van der Waals surface area contributed by atoms with Crippen molar-refractivity contribution >= 4 is 0 Å². The van der Waals surface area contributed by atoms with Gasteiger partial charge in [0.25, 0.3) is 0 Å². The zero-order valence-electron chi connectivity index (χ0n) is 8.52. The van der Waals surface area contributed by atoms with Gasteiger partial charge in [0.15, 0.2) is 0 Å². The van der Waals surface area contributed by atoms with Gasteiger partial charge >= 0.3 is 18.9 Å². The fraction of sp³-hybridized carbons (Fsp3) is 1.00. The topological polar surface area (TPSA) is 14.1 Å². The summed E-state index contributed by atoms with van der Waals surface area (Å²) in [6.45, 7) is 2.25. The molecule has 1 aliphatic heterocycles. The van der Waals surface area contributed by atoms with E-state index >= 15 is 0 Å². The molecule has 0 aromatic carbocycles. The van der Waals surface area contributed by atoms with E-state index in [2.05, 4.69) is 5.32 Å². The molecule has 0 radical (unpaired) electrons. The van der Waals surface area contributed by atoms with Gasteiger partial charge in [0.1, 0.15) is 0 Å². The Morgan fingerprint density at radius 3 is 1.25 bits per heavy atom. The van der Waals surface area contributed by atoms with Crippen molar-refractivity contribution in [3.8, 4) is 0 Å². The van der Waals surface area contributed by atoms with Gasteiger partial charge in [0, 0.05) is 0 Å². The Bertz CT molecular complexity index is 47.9.